The van der Waals surface area contributed by atoms with E-state index in [4.69, 9.17) is 21.1 Å². The lowest BCUT2D eigenvalue weighted by atomic mass is 10.1. The van der Waals surface area contributed by atoms with Crippen molar-refractivity contribution in [1.82, 2.24) is 5.32 Å². The molecule has 0 rings (SSSR count). The third-order valence-electron chi connectivity index (χ3n) is 2.04. The Morgan fingerprint density at radius 1 is 1.18 bits per heavy atom. The third kappa shape index (κ3) is 6.48. The van der Waals surface area contributed by atoms with E-state index in [2.05, 4.69) is 5.32 Å². The first-order valence-corrected chi connectivity index (χ1v) is 5.00. The molecule has 0 aromatic carbocycles. The number of hydrogen-bond donors (Lipinski definition) is 5. The topological polar surface area (TPSA) is 150 Å². The normalized spacial score (nSPS) is 13.8. The summed E-state index contributed by atoms with van der Waals surface area (Å²) in [7, 11) is 0. The lowest BCUT2D eigenvalue weighted by molar-refractivity contribution is -0.142. The number of hydrogen-bond acceptors (Lipinski definition) is 5. The van der Waals surface area contributed by atoms with Crippen LogP contribution in [0.3, 0.4) is 0 Å². The van der Waals surface area contributed by atoms with Crippen LogP contribution >= 0.6 is 0 Å². The smallest absolute Gasteiger partial charge is 0.326 e. The maximum absolute atomic E-state index is 11.4. The van der Waals surface area contributed by atoms with Gasteiger partial charge < -0.3 is 26.4 Å². The zero-order chi connectivity index (χ0) is 13.4. The Kier molecular flexibility index (Phi) is 6.83. The number of carboxylic acid groups (broad SMARTS) is 2. The third-order valence-corrected chi connectivity index (χ3v) is 2.04. The van der Waals surface area contributed by atoms with Crippen molar-refractivity contribution in [1.29, 1.82) is 0 Å². The molecule has 8 heteroatoms. The molecule has 17 heavy (non-hydrogen) atoms. The number of rotatable bonds is 8. The van der Waals surface area contributed by atoms with Gasteiger partial charge in [0.1, 0.15) is 6.04 Å². The van der Waals surface area contributed by atoms with Crippen LogP contribution in [0.4, 0.5) is 0 Å². The van der Waals surface area contributed by atoms with Crippen molar-refractivity contribution in [2.75, 3.05) is 6.61 Å². The van der Waals surface area contributed by atoms with Crippen LogP contribution in [-0.4, -0.2) is 51.9 Å². The van der Waals surface area contributed by atoms with E-state index < -0.39 is 29.9 Å². The van der Waals surface area contributed by atoms with Gasteiger partial charge in [0.05, 0.1) is 6.04 Å². The van der Waals surface area contributed by atoms with Crippen LogP contribution in [-0.2, 0) is 14.4 Å². The van der Waals surface area contributed by atoms with E-state index in [0.717, 1.165) is 0 Å². The largest absolute Gasteiger partial charge is 0.481 e. The van der Waals surface area contributed by atoms with Gasteiger partial charge in [-0.3, -0.25) is 9.59 Å². The zero-order valence-electron chi connectivity index (χ0n) is 9.13. The molecule has 98 valence electrons. The molecule has 0 heterocycles. The molecule has 2 atom stereocenters. The molecule has 0 saturated heterocycles. The highest BCUT2D eigenvalue weighted by atomic mass is 16.4. The fourth-order valence-electron chi connectivity index (χ4n) is 1.08. The fraction of sp³-hybridized carbons (Fsp3) is 0.667. The van der Waals surface area contributed by atoms with Crippen molar-refractivity contribution in [2.24, 2.45) is 5.73 Å². The van der Waals surface area contributed by atoms with Crippen LogP contribution in [0.25, 0.3) is 0 Å². The second-order valence-corrected chi connectivity index (χ2v) is 3.45. The molecular formula is C9H16N2O6. The minimum atomic E-state index is -1.28. The zero-order valence-corrected chi connectivity index (χ0v) is 9.13. The number of aliphatic carboxylic acids is 2. The van der Waals surface area contributed by atoms with E-state index in [1.165, 1.54) is 0 Å². The minimum Gasteiger partial charge on any atom is -0.481 e. The molecule has 0 bridgehead atoms. The molecule has 8 nitrogen and oxygen atoms in total. The Balaban J connectivity index is 4.20. The van der Waals surface area contributed by atoms with Gasteiger partial charge in [0, 0.05) is 19.4 Å². The van der Waals surface area contributed by atoms with Gasteiger partial charge in [-0.25, -0.2) is 4.79 Å². The minimum absolute atomic E-state index is 0.0768. The van der Waals surface area contributed by atoms with E-state index >= 15 is 0 Å². The van der Waals surface area contributed by atoms with Crippen LogP contribution in [0, 0.1) is 0 Å². The van der Waals surface area contributed by atoms with Gasteiger partial charge in [0.15, 0.2) is 0 Å². The SMILES string of the molecule is NC(CCC(=O)O)C(=O)NC(CCO)C(=O)O. The Morgan fingerprint density at radius 3 is 2.18 bits per heavy atom. The van der Waals surface area contributed by atoms with Gasteiger partial charge in [-0.2, -0.15) is 0 Å². The molecule has 2 unspecified atom stereocenters. The molecular weight excluding hydrogens is 232 g/mol. The van der Waals surface area contributed by atoms with Crippen molar-refractivity contribution in [3.63, 3.8) is 0 Å². The number of nitrogens with two attached hydrogens (primary N) is 1. The van der Waals surface area contributed by atoms with Crippen LogP contribution in [0.1, 0.15) is 19.3 Å². The molecule has 6 N–H and O–H groups in total. The monoisotopic (exact) mass is 248 g/mol. The van der Waals surface area contributed by atoms with Crippen LogP contribution in [0.15, 0.2) is 0 Å². The maximum atomic E-state index is 11.4. The first kappa shape index (κ1) is 15.3. The van der Waals surface area contributed by atoms with Crippen LogP contribution in [0.2, 0.25) is 0 Å². The molecule has 0 spiro atoms. The summed E-state index contributed by atoms with van der Waals surface area (Å²) in [5.41, 5.74) is 5.38. The maximum Gasteiger partial charge on any atom is 0.326 e. The Bertz CT molecular complexity index is 293. The number of nitrogens with one attached hydrogen (secondary N) is 1. The van der Waals surface area contributed by atoms with E-state index in [9.17, 15) is 14.4 Å². The van der Waals surface area contributed by atoms with Crippen molar-refractivity contribution in [3.05, 3.63) is 0 Å². The summed E-state index contributed by atoms with van der Waals surface area (Å²) >= 11 is 0. The Labute approximate surface area is 97.4 Å². The van der Waals surface area contributed by atoms with Gasteiger partial charge in [-0.05, 0) is 6.42 Å². The summed E-state index contributed by atoms with van der Waals surface area (Å²) < 4.78 is 0. The standard InChI is InChI=1S/C9H16N2O6/c10-5(1-2-7(13)14)8(15)11-6(3-4-12)9(16)17/h5-6,12H,1-4,10H2,(H,11,15)(H,13,14)(H,16,17). The molecule has 0 fully saturated rings. The number of carboxylic acids is 2. The number of aliphatic hydroxyl groups is 1. The Hall–Kier alpha value is -1.67. The van der Waals surface area contributed by atoms with E-state index in [-0.39, 0.29) is 25.9 Å². The molecule has 0 saturated carbocycles. The lowest BCUT2D eigenvalue weighted by Gasteiger charge is -2.16. The highest BCUT2D eigenvalue weighted by Gasteiger charge is 2.22. The van der Waals surface area contributed by atoms with E-state index in [1.807, 2.05) is 0 Å². The molecule has 0 aliphatic heterocycles. The molecule has 0 radical (unpaired) electrons. The number of carbonyl (C=O) groups excluding carboxylic acids is 1. The van der Waals surface area contributed by atoms with Crippen molar-refractivity contribution < 1.29 is 29.7 Å². The van der Waals surface area contributed by atoms with Gasteiger partial charge in [0.2, 0.25) is 5.91 Å². The number of carbonyl (C=O) groups is 3. The molecule has 1 amide bonds. The van der Waals surface area contributed by atoms with Gasteiger partial charge in [-0.15, -0.1) is 0 Å². The summed E-state index contributed by atoms with van der Waals surface area (Å²) in [5, 5.41) is 27.8. The van der Waals surface area contributed by atoms with Crippen molar-refractivity contribution in [2.45, 2.75) is 31.3 Å². The molecule has 0 aromatic rings. The van der Waals surface area contributed by atoms with E-state index in [0.29, 0.717) is 0 Å². The van der Waals surface area contributed by atoms with Crippen LogP contribution in [0.5, 0.6) is 0 Å². The van der Waals surface area contributed by atoms with Crippen LogP contribution < -0.4 is 11.1 Å². The second kappa shape index (κ2) is 7.58. The average molecular weight is 248 g/mol. The highest BCUT2D eigenvalue weighted by molar-refractivity contribution is 5.87. The number of amides is 1. The summed E-state index contributed by atoms with van der Waals surface area (Å²) in [6, 6.07) is -2.30. The van der Waals surface area contributed by atoms with Crippen molar-refractivity contribution >= 4 is 17.8 Å². The summed E-state index contributed by atoms with van der Waals surface area (Å²) in [4.78, 5) is 32.3. The Morgan fingerprint density at radius 2 is 1.76 bits per heavy atom. The number of aliphatic hydroxyl groups excluding tert-OH is 1. The second-order valence-electron chi connectivity index (χ2n) is 3.45. The van der Waals surface area contributed by atoms with Crippen molar-refractivity contribution in [3.8, 4) is 0 Å². The predicted molar refractivity (Wildman–Crippen MR) is 56.1 cm³/mol. The summed E-state index contributed by atoms with van der Waals surface area (Å²) in [6.07, 6.45) is -0.480. The van der Waals surface area contributed by atoms with E-state index in [1.54, 1.807) is 0 Å². The van der Waals surface area contributed by atoms with Gasteiger partial charge in [0.25, 0.3) is 0 Å². The lowest BCUT2D eigenvalue weighted by Crippen LogP contribution is -2.48. The highest BCUT2D eigenvalue weighted by Crippen LogP contribution is 1.98. The first-order chi connectivity index (χ1) is 7.88. The fourth-order valence-corrected chi connectivity index (χ4v) is 1.08. The first-order valence-electron chi connectivity index (χ1n) is 5.00. The molecule has 0 aliphatic rings. The quantitative estimate of drug-likeness (QED) is 0.337. The average Bonchev–Trinajstić information content (AvgIpc) is 2.24. The van der Waals surface area contributed by atoms with Gasteiger partial charge in [-0.1, -0.05) is 0 Å². The van der Waals surface area contributed by atoms with Gasteiger partial charge >= 0.3 is 11.9 Å². The molecule has 0 aliphatic carbocycles. The molecule has 0 aromatic heterocycles. The summed E-state index contributed by atoms with van der Waals surface area (Å²) in [6.45, 7) is -0.387. The summed E-state index contributed by atoms with van der Waals surface area (Å²) in [5.74, 6) is -3.11. The predicted octanol–water partition coefficient (Wildman–Crippen LogP) is -1.87.